The standard InChI is InChI=1S/C20H23ClN2O3/c1-12-6-5-7-13(2)17(12)22-19(25)18(23(4)20(26)14(3)24)15-8-10-16(21)11-9-15/h5-11,14,18,24H,1-4H3,(H,22,25)/t14-,18-/m1/s1. The van der Waals surface area contributed by atoms with Crippen LogP contribution in [0.15, 0.2) is 42.5 Å². The van der Waals surface area contributed by atoms with Gasteiger partial charge < -0.3 is 15.3 Å². The van der Waals surface area contributed by atoms with E-state index in [9.17, 15) is 14.7 Å². The van der Waals surface area contributed by atoms with Crippen molar-refractivity contribution in [2.45, 2.75) is 32.9 Å². The van der Waals surface area contributed by atoms with E-state index in [1.165, 1.54) is 18.9 Å². The average Bonchev–Trinajstić information content (AvgIpc) is 2.59. The van der Waals surface area contributed by atoms with Crippen molar-refractivity contribution in [1.82, 2.24) is 4.90 Å². The number of nitrogens with zero attached hydrogens (tertiary/aromatic N) is 1. The molecule has 2 aromatic rings. The van der Waals surface area contributed by atoms with E-state index in [-0.39, 0.29) is 5.91 Å². The van der Waals surface area contributed by atoms with E-state index < -0.39 is 18.1 Å². The van der Waals surface area contributed by atoms with Crippen LogP contribution < -0.4 is 5.32 Å². The van der Waals surface area contributed by atoms with Crippen LogP contribution in [0.1, 0.15) is 29.7 Å². The molecule has 138 valence electrons. The van der Waals surface area contributed by atoms with E-state index in [0.717, 1.165) is 11.1 Å². The van der Waals surface area contributed by atoms with Crippen LogP contribution in [0.25, 0.3) is 0 Å². The lowest BCUT2D eigenvalue weighted by molar-refractivity contribution is -0.143. The predicted molar refractivity (Wildman–Crippen MR) is 103 cm³/mol. The Morgan fingerprint density at radius 1 is 1.08 bits per heavy atom. The molecule has 6 heteroatoms. The quantitative estimate of drug-likeness (QED) is 0.841. The van der Waals surface area contributed by atoms with Crippen molar-refractivity contribution < 1.29 is 14.7 Å². The van der Waals surface area contributed by atoms with E-state index in [1.54, 1.807) is 24.3 Å². The van der Waals surface area contributed by atoms with Crippen LogP contribution in [0.2, 0.25) is 5.02 Å². The fourth-order valence-corrected chi connectivity index (χ4v) is 2.95. The van der Waals surface area contributed by atoms with Crippen LogP contribution in [0.5, 0.6) is 0 Å². The first-order valence-corrected chi connectivity index (χ1v) is 8.67. The maximum atomic E-state index is 13.1. The molecule has 0 heterocycles. The summed E-state index contributed by atoms with van der Waals surface area (Å²) in [6, 6.07) is 11.6. The zero-order valence-corrected chi connectivity index (χ0v) is 16.0. The Hall–Kier alpha value is -2.37. The van der Waals surface area contributed by atoms with Gasteiger partial charge in [-0.2, -0.15) is 0 Å². The number of nitrogens with one attached hydrogen (secondary N) is 1. The number of aliphatic hydroxyl groups excluding tert-OH is 1. The first-order chi connectivity index (χ1) is 12.2. The number of hydrogen-bond donors (Lipinski definition) is 2. The average molecular weight is 375 g/mol. The van der Waals surface area contributed by atoms with Gasteiger partial charge in [-0.05, 0) is 49.6 Å². The zero-order chi connectivity index (χ0) is 19.4. The van der Waals surface area contributed by atoms with E-state index in [2.05, 4.69) is 5.32 Å². The van der Waals surface area contributed by atoms with Crippen LogP contribution in [-0.4, -0.2) is 35.0 Å². The lowest BCUT2D eigenvalue weighted by Gasteiger charge is -2.29. The summed E-state index contributed by atoms with van der Waals surface area (Å²) in [5.74, 6) is -0.900. The number of likely N-dealkylation sites (N-methyl/N-ethyl adjacent to an activating group) is 1. The fourth-order valence-electron chi connectivity index (χ4n) is 2.82. The second-order valence-corrected chi connectivity index (χ2v) is 6.77. The normalized spacial score (nSPS) is 13.0. The predicted octanol–water partition coefficient (Wildman–Crippen LogP) is 3.48. The molecule has 0 fully saturated rings. The summed E-state index contributed by atoms with van der Waals surface area (Å²) >= 11 is 5.94. The zero-order valence-electron chi connectivity index (χ0n) is 15.3. The van der Waals surface area contributed by atoms with Crippen LogP contribution >= 0.6 is 11.6 Å². The van der Waals surface area contributed by atoms with Gasteiger partial charge in [0.25, 0.3) is 11.8 Å². The number of hydrogen-bond acceptors (Lipinski definition) is 3. The first kappa shape index (κ1) is 19.9. The van der Waals surface area contributed by atoms with Crippen molar-refractivity contribution in [3.63, 3.8) is 0 Å². The van der Waals surface area contributed by atoms with Gasteiger partial charge in [-0.25, -0.2) is 0 Å². The van der Waals surface area contributed by atoms with E-state index in [0.29, 0.717) is 16.3 Å². The highest BCUT2D eigenvalue weighted by Gasteiger charge is 2.30. The second-order valence-electron chi connectivity index (χ2n) is 6.34. The highest BCUT2D eigenvalue weighted by Crippen LogP contribution is 2.26. The Labute approximate surface area is 158 Å². The third-order valence-electron chi connectivity index (χ3n) is 4.26. The fraction of sp³-hybridized carbons (Fsp3) is 0.300. The Balaban J connectivity index is 2.41. The molecule has 0 bridgehead atoms. The van der Waals surface area contributed by atoms with Crippen LogP contribution in [0.3, 0.4) is 0 Å². The molecule has 26 heavy (non-hydrogen) atoms. The maximum Gasteiger partial charge on any atom is 0.251 e. The molecule has 2 rings (SSSR count). The summed E-state index contributed by atoms with van der Waals surface area (Å²) in [6.07, 6.45) is -1.21. The van der Waals surface area contributed by atoms with Gasteiger partial charge in [0.1, 0.15) is 12.1 Å². The second kappa shape index (κ2) is 8.34. The van der Waals surface area contributed by atoms with Crippen LogP contribution in [-0.2, 0) is 9.59 Å². The van der Waals surface area contributed by atoms with Crippen molar-refractivity contribution in [3.05, 3.63) is 64.2 Å². The molecule has 0 aromatic heterocycles. The van der Waals surface area contributed by atoms with E-state index in [4.69, 9.17) is 11.6 Å². The molecule has 0 saturated heterocycles. The minimum atomic E-state index is -1.21. The molecule has 5 nitrogen and oxygen atoms in total. The summed E-state index contributed by atoms with van der Waals surface area (Å²) < 4.78 is 0. The number of halogens is 1. The molecule has 2 atom stereocenters. The molecule has 2 N–H and O–H groups in total. The van der Waals surface area contributed by atoms with Crippen molar-refractivity contribution in [1.29, 1.82) is 0 Å². The summed E-state index contributed by atoms with van der Waals surface area (Å²) in [5.41, 5.74) is 3.18. The van der Waals surface area contributed by atoms with Gasteiger partial charge in [0.05, 0.1) is 0 Å². The Morgan fingerprint density at radius 2 is 1.62 bits per heavy atom. The number of rotatable bonds is 5. The van der Waals surface area contributed by atoms with Gasteiger partial charge in [0.2, 0.25) is 0 Å². The molecular formula is C20H23ClN2O3. The van der Waals surface area contributed by atoms with Gasteiger partial charge in [-0.3, -0.25) is 9.59 Å². The van der Waals surface area contributed by atoms with Crippen LogP contribution in [0, 0.1) is 13.8 Å². The van der Waals surface area contributed by atoms with E-state index >= 15 is 0 Å². The molecule has 0 aliphatic rings. The number of benzene rings is 2. The molecule has 0 spiro atoms. The molecule has 2 aromatic carbocycles. The molecule has 0 aliphatic carbocycles. The largest absolute Gasteiger partial charge is 0.384 e. The van der Waals surface area contributed by atoms with Crippen molar-refractivity contribution in [3.8, 4) is 0 Å². The third-order valence-corrected chi connectivity index (χ3v) is 4.51. The first-order valence-electron chi connectivity index (χ1n) is 8.29. The van der Waals surface area contributed by atoms with Gasteiger partial charge >= 0.3 is 0 Å². The molecule has 2 amide bonds. The minimum absolute atomic E-state index is 0.360. The summed E-state index contributed by atoms with van der Waals surface area (Å²) in [4.78, 5) is 26.6. The topological polar surface area (TPSA) is 69.6 Å². The van der Waals surface area contributed by atoms with Crippen molar-refractivity contribution >= 4 is 29.1 Å². The Kier molecular flexibility index (Phi) is 6.40. The SMILES string of the molecule is Cc1cccc(C)c1NC(=O)[C@@H](c1ccc(Cl)cc1)N(C)C(=O)[C@@H](C)O. The lowest BCUT2D eigenvalue weighted by Crippen LogP contribution is -2.42. The number of aryl methyl sites for hydroxylation is 2. The Bertz CT molecular complexity index is 783. The minimum Gasteiger partial charge on any atom is -0.384 e. The lowest BCUT2D eigenvalue weighted by atomic mass is 10.0. The summed E-state index contributed by atoms with van der Waals surface area (Å²) in [6.45, 7) is 5.19. The smallest absolute Gasteiger partial charge is 0.251 e. The molecule has 0 saturated carbocycles. The molecule has 0 unspecified atom stereocenters. The van der Waals surface area contributed by atoms with E-state index in [1.807, 2.05) is 32.0 Å². The van der Waals surface area contributed by atoms with Crippen molar-refractivity contribution in [2.75, 3.05) is 12.4 Å². The van der Waals surface area contributed by atoms with Gasteiger partial charge in [-0.15, -0.1) is 0 Å². The number of carbonyl (C=O) groups is 2. The number of anilines is 1. The highest BCUT2D eigenvalue weighted by molar-refractivity contribution is 6.30. The van der Waals surface area contributed by atoms with Crippen LogP contribution in [0.4, 0.5) is 5.69 Å². The number of carbonyl (C=O) groups excluding carboxylic acids is 2. The van der Waals surface area contributed by atoms with Gasteiger partial charge in [-0.1, -0.05) is 41.9 Å². The van der Waals surface area contributed by atoms with Crippen molar-refractivity contribution in [2.24, 2.45) is 0 Å². The highest BCUT2D eigenvalue weighted by atomic mass is 35.5. The molecular weight excluding hydrogens is 352 g/mol. The number of amides is 2. The number of para-hydroxylation sites is 1. The maximum absolute atomic E-state index is 13.1. The van der Waals surface area contributed by atoms with Gasteiger partial charge in [0.15, 0.2) is 0 Å². The summed E-state index contributed by atoms with van der Waals surface area (Å²) in [5, 5.41) is 13.1. The number of aliphatic hydroxyl groups is 1. The monoisotopic (exact) mass is 374 g/mol. The summed E-state index contributed by atoms with van der Waals surface area (Å²) in [7, 11) is 1.50. The molecule has 0 radical (unpaired) electrons. The van der Waals surface area contributed by atoms with Gasteiger partial charge in [0, 0.05) is 17.8 Å². The third kappa shape index (κ3) is 4.42. The molecule has 0 aliphatic heterocycles. The Morgan fingerprint density at radius 3 is 2.12 bits per heavy atom.